The molecule has 0 atom stereocenters. The molecule has 3 rings (SSSR count). The maximum absolute atomic E-state index is 12.9. The predicted molar refractivity (Wildman–Crippen MR) is 104 cm³/mol. The van der Waals surface area contributed by atoms with Gasteiger partial charge in [-0.05, 0) is 36.2 Å². The molecule has 1 heterocycles. The van der Waals surface area contributed by atoms with Crippen molar-refractivity contribution in [3.63, 3.8) is 0 Å². The van der Waals surface area contributed by atoms with E-state index >= 15 is 0 Å². The van der Waals surface area contributed by atoms with Gasteiger partial charge in [0.05, 0.1) is 5.75 Å². The van der Waals surface area contributed by atoms with E-state index in [1.165, 1.54) is 29.8 Å². The third-order valence-electron chi connectivity index (χ3n) is 4.71. The summed E-state index contributed by atoms with van der Waals surface area (Å²) < 4.78 is 44.8. The summed E-state index contributed by atoms with van der Waals surface area (Å²) in [4.78, 5) is 2.30. The van der Waals surface area contributed by atoms with Gasteiger partial charge in [-0.15, -0.1) is 0 Å². The minimum atomic E-state index is -3.34. The zero-order valence-corrected chi connectivity index (χ0v) is 16.1. The smallest absolute Gasteiger partial charge is 0.217 e. The highest BCUT2D eigenvalue weighted by atomic mass is 32.2. The molecule has 1 saturated heterocycles. The number of sulfonamides is 1. The largest absolute Gasteiger partial charge is 0.492 e. The summed E-state index contributed by atoms with van der Waals surface area (Å²) in [5.74, 6) is 0.0476. The van der Waals surface area contributed by atoms with Crippen LogP contribution in [0.25, 0.3) is 0 Å². The van der Waals surface area contributed by atoms with Crippen molar-refractivity contribution < 1.29 is 17.5 Å². The lowest BCUT2D eigenvalue weighted by Crippen LogP contribution is -2.50. The van der Waals surface area contributed by atoms with E-state index in [2.05, 4.69) is 17.0 Å². The lowest BCUT2D eigenvalue weighted by atomic mass is 10.1. The highest BCUT2D eigenvalue weighted by Gasteiger charge is 2.26. The molecule has 2 aromatic carbocycles. The van der Waals surface area contributed by atoms with Gasteiger partial charge in [-0.3, -0.25) is 0 Å². The molecule has 0 unspecified atom stereocenters. The molecule has 0 amide bonds. The summed E-state index contributed by atoms with van der Waals surface area (Å²) in [7, 11) is -3.34. The number of rotatable bonds is 8. The first kappa shape index (κ1) is 19.8. The van der Waals surface area contributed by atoms with Crippen molar-refractivity contribution in [2.45, 2.75) is 6.42 Å². The lowest BCUT2D eigenvalue weighted by Gasteiger charge is -2.34. The Hall–Kier alpha value is -1.96. The molecule has 1 aliphatic heterocycles. The quantitative estimate of drug-likeness (QED) is 0.692. The standard InChI is InChI=1S/C20H25FN2O3S/c21-19-6-8-20(9-7-19)26-16-17-27(24,25)23-14-12-22(13-15-23)11-10-18-4-2-1-3-5-18/h1-9H,10-17H2. The van der Waals surface area contributed by atoms with E-state index in [1.807, 2.05) is 18.2 Å². The Bertz CT molecular complexity index is 805. The van der Waals surface area contributed by atoms with E-state index in [9.17, 15) is 12.8 Å². The van der Waals surface area contributed by atoms with E-state index in [0.29, 0.717) is 18.8 Å². The summed E-state index contributed by atoms with van der Waals surface area (Å²) in [6.07, 6.45) is 0.971. The van der Waals surface area contributed by atoms with Gasteiger partial charge in [0.1, 0.15) is 18.2 Å². The first-order chi connectivity index (χ1) is 13.0. The third kappa shape index (κ3) is 6.02. The Kier molecular flexibility index (Phi) is 6.82. The van der Waals surface area contributed by atoms with Crippen LogP contribution in [0.1, 0.15) is 5.56 Å². The molecule has 0 radical (unpaired) electrons. The van der Waals surface area contributed by atoms with Crippen LogP contribution in [0, 0.1) is 5.82 Å². The minimum absolute atomic E-state index is 0.0577. The topological polar surface area (TPSA) is 49.9 Å². The van der Waals surface area contributed by atoms with Crippen molar-refractivity contribution >= 4 is 10.0 Å². The normalized spacial score (nSPS) is 16.3. The molecule has 7 heteroatoms. The summed E-state index contributed by atoms with van der Waals surface area (Å²) in [5, 5.41) is 0. The Morgan fingerprint density at radius 3 is 2.26 bits per heavy atom. The molecule has 0 saturated carbocycles. The summed E-state index contributed by atoms with van der Waals surface area (Å²) in [6, 6.07) is 15.9. The van der Waals surface area contributed by atoms with E-state index in [4.69, 9.17) is 4.74 Å². The highest BCUT2D eigenvalue weighted by molar-refractivity contribution is 7.89. The summed E-state index contributed by atoms with van der Waals surface area (Å²) in [5.41, 5.74) is 1.30. The molecule has 1 fully saturated rings. The molecule has 2 aromatic rings. The van der Waals surface area contributed by atoms with E-state index in [1.54, 1.807) is 4.31 Å². The van der Waals surface area contributed by atoms with Crippen LogP contribution in [-0.4, -0.2) is 62.7 Å². The van der Waals surface area contributed by atoms with Crippen molar-refractivity contribution in [2.24, 2.45) is 0 Å². The molecular formula is C20H25FN2O3S. The maximum atomic E-state index is 12.9. The zero-order valence-electron chi connectivity index (χ0n) is 15.3. The van der Waals surface area contributed by atoms with Crippen LogP contribution in [0.3, 0.4) is 0 Å². The van der Waals surface area contributed by atoms with Gasteiger partial charge in [-0.2, -0.15) is 4.31 Å². The molecule has 0 N–H and O–H groups in total. The van der Waals surface area contributed by atoms with Gasteiger partial charge < -0.3 is 9.64 Å². The molecule has 0 spiro atoms. The van der Waals surface area contributed by atoms with Crippen molar-refractivity contribution in [3.8, 4) is 5.75 Å². The minimum Gasteiger partial charge on any atom is -0.492 e. The van der Waals surface area contributed by atoms with Crippen molar-refractivity contribution in [1.82, 2.24) is 9.21 Å². The Labute approximate surface area is 160 Å². The molecule has 1 aliphatic rings. The molecule has 0 aromatic heterocycles. The number of piperazine rings is 1. The van der Waals surface area contributed by atoms with Gasteiger partial charge in [-0.25, -0.2) is 12.8 Å². The van der Waals surface area contributed by atoms with Crippen LogP contribution in [0.4, 0.5) is 4.39 Å². The van der Waals surface area contributed by atoms with Crippen LogP contribution in [0.2, 0.25) is 0 Å². The molecule has 5 nitrogen and oxygen atoms in total. The second-order valence-corrected chi connectivity index (χ2v) is 8.68. The second-order valence-electron chi connectivity index (χ2n) is 6.59. The van der Waals surface area contributed by atoms with Crippen molar-refractivity contribution in [1.29, 1.82) is 0 Å². The number of nitrogens with zero attached hydrogens (tertiary/aromatic N) is 2. The average molecular weight is 392 g/mol. The summed E-state index contributed by atoms with van der Waals surface area (Å²) >= 11 is 0. The van der Waals surface area contributed by atoms with Gasteiger partial charge in [0.2, 0.25) is 10.0 Å². The molecule has 27 heavy (non-hydrogen) atoms. The van der Waals surface area contributed by atoms with E-state index in [-0.39, 0.29) is 18.2 Å². The van der Waals surface area contributed by atoms with Gasteiger partial charge >= 0.3 is 0 Å². The predicted octanol–water partition coefficient (Wildman–Crippen LogP) is 2.39. The molecule has 0 bridgehead atoms. The monoisotopic (exact) mass is 392 g/mol. The molecule has 0 aliphatic carbocycles. The Morgan fingerprint density at radius 1 is 0.926 bits per heavy atom. The second kappa shape index (κ2) is 9.30. The number of hydrogen-bond donors (Lipinski definition) is 0. The number of halogens is 1. The van der Waals surface area contributed by atoms with Crippen LogP contribution in [0.5, 0.6) is 5.75 Å². The number of benzene rings is 2. The zero-order chi connectivity index (χ0) is 19.1. The molecular weight excluding hydrogens is 367 g/mol. The maximum Gasteiger partial charge on any atom is 0.217 e. The van der Waals surface area contributed by atoms with E-state index < -0.39 is 10.0 Å². The van der Waals surface area contributed by atoms with Crippen LogP contribution in [-0.2, 0) is 16.4 Å². The van der Waals surface area contributed by atoms with Gasteiger partial charge in [-0.1, -0.05) is 30.3 Å². The fourth-order valence-corrected chi connectivity index (χ4v) is 4.36. The van der Waals surface area contributed by atoms with E-state index in [0.717, 1.165) is 26.1 Å². The third-order valence-corrected chi connectivity index (χ3v) is 6.54. The van der Waals surface area contributed by atoms with Crippen molar-refractivity contribution in [3.05, 3.63) is 66.0 Å². The van der Waals surface area contributed by atoms with Crippen LogP contribution < -0.4 is 4.74 Å². The number of ether oxygens (including phenoxy) is 1. The SMILES string of the molecule is O=S(=O)(CCOc1ccc(F)cc1)N1CCN(CCc2ccccc2)CC1. The first-order valence-corrected chi connectivity index (χ1v) is 10.8. The Balaban J connectivity index is 1.40. The fraction of sp³-hybridized carbons (Fsp3) is 0.400. The van der Waals surface area contributed by atoms with Crippen LogP contribution in [0.15, 0.2) is 54.6 Å². The fourth-order valence-electron chi connectivity index (χ4n) is 3.09. The van der Waals surface area contributed by atoms with Gasteiger partial charge in [0.25, 0.3) is 0 Å². The van der Waals surface area contributed by atoms with Crippen LogP contribution >= 0.6 is 0 Å². The molecule has 146 valence electrons. The Morgan fingerprint density at radius 2 is 1.59 bits per heavy atom. The first-order valence-electron chi connectivity index (χ1n) is 9.15. The van der Waals surface area contributed by atoms with Crippen molar-refractivity contribution in [2.75, 3.05) is 45.1 Å². The summed E-state index contributed by atoms with van der Waals surface area (Å²) in [6.45, 7) is 3.49. The van der Waals surface area contributed by atoms with Gasteiger partial charge in [0, 0.05) is 32.7 Å². The number of hydrogen-bond acceptors (Lipinski definition) is 4. The lowest BCUT2D eigenvalue weighted by molar-refractivity contribution is 0.189. The van der Waals surface area contributed by atoms with Gasteiger partial charge in [0.15, 0.2) is 0 Å². The highest BCUT2D eigenvalue weighted by Crippen LogP contribution is 2.13. The average Bonchev–Trinajstić information content (AvgIpc) is 2.69.